The monoisotopic (exact) mass is 418 g/mol. The maximum atomic E-state index is 13.0. The SMILES string of the molecule is Cc1ccc(S(=O)(=O)Nc2nc3ccccc3nc2NCc2ccccc2)cc1C. The Morgan fingerprint density at radius 2 is 1.40 bits per heavy atom. The topological polar surface area (TPSA) is 84.0 Å². The molecule has 4 aromatic rings. The molecule has 1 aromatic heterocycles. The van der Waals surface area contributed by atoms with Gasteiger partial charge < -0.3 is 5.32 Å². The lowest BCUT2D eigenvalue weighted by Gasteiger charge is -2.14. The van der Waals surface area contributed by atoms with Crippen molar-refractivity contribution < 1.29 is 8.42 Å². The number of hydrogen-bond acceptors (Lipinski definition) is 5. The lowest BCUT2D eigenvalue weighted by molar-refractivity contribution is 0.601. The first kappa shape index (κ1) is 19.8. The highest BCUT2D eigenvalue weighted by Crippen LogP contribution is 2.25. The largest absolute Gasteiger partial charge is 0.363 e. The average molecular weight is 419 g/mol. The van der Waals surface area contributed by atoms with Gasteiger partial charge in [0.15, 0.2) is 11.6 Å². The zero-order valence-electron chi connectivity index (χ0n) is 16.8. The van der Waals surface area contributed by atoms with Crippen molar-refractivity contribution in [2.75, 3.05) is 10.0 Å². The molecule has 0 unspecified atom stereocenters. The summed E-state index contributed by atoms with van der Waals surface area (Å²) in [5, 5.41) is 3.22. The number of para-hydroxylation sites is 2. The molecule has 0 bridgehead atoms. The van der Waals surface area contributed by atoms with E-state index in [-0.39, 0.29) is 10.7 Å². The Morgan fingerprint density at radius 3 is 2.07 bits per heavy atom. The van der Waals surface area contributed by atoms with Gasteiger partial charge in [0.1, 0.15) is 0 Å². The van der Waals surface area contributed by atoms with Crippen molar-refractivity contribution in [3.05, 3.63) is 89.5 Å². The van der Waals surface area contributed by atoms with Gasteiger partial charge in [0.2, 0.25) is 0 Å². The van der Waals surface area contributed by atoms with E-state index < -0.39 is 10.0 Å². The molecule has 0 radical (unpaired) electrons. The van der Waals surface area contributed by atoms with Crippen molar-refractivity contribution >= 4 is 32.7 Å². The summed E-state index contributed by atoms with van der Waals surface area (Å²) in [6.07, 6.45) is 0. The summed E-state index contributed by atoms with van der Waals surface area (Å²) >= 11 is 0. The first-order valence-electron chi connectivity index (χ1n) is 9.57. The molecule has 4 rings (SSSR count). The molecule has 3 aromatic carbocycles. The normalized spacial score (nSPS) is 11.4. The molecular weight excluding hydrogens is 396 g/mol. The van der Waals surface area contributed by atoms with E-state index >= 15 is 0 Å². The molecule has 6 nitrogen and oxygen atoms in total. The number of hydrogen-bond donors (Lipinski definition) is 2. The van der Waals surface area contributed by atoms with Crippen LogP contribution in [0.5, 0.6) is 0 Å². The van der Waals surface area contributed by atoms with Gasteiger partial charge in [0.05, 0.1) is 15.9 Å². The first-order chi connectivity index (χ1) is 14.4. The zero-order chi connectivity index (χ0) is 21.1. The van der Waals surface area contributed by atoms with Gasteiger partial charge in [-0.15, -0.1) is 0 Å². The molecule has 30 heavy (non-hydrogen) atoms. The summed E-state index contributed by atoms with van der Waals surface area (Å²) < 4.78 is 28.7. The Hall–Kier alpha value is -3.45. The fourth-order valence-electron chi connectivity index (χ4n) is 3.04. The standard InChI is InChI=1S/C23H22N4O2S/c1-16-12-13-19(14-17(16)2)30(28,29)27-23-22(24-15-18-8-4-3-5-9-18)25-20-10-6-7-11-21(20)26-23/h3-14H,15H2,1-2H3,(H,24,25)(H,26,27). The number of aromatic nitrogens is 2. The minimum atomic E-state index is -3.82. The van der Waals surface area contributed by atoms with Gasteiger partial charge in [0, 0.05) is 6.54 Å². The number of fused-ring (bicyclic) bond motifs is 1. The second kappa shape index (κ2) is 8.12. The van der Waals surface area contributed by atoms with Gasteiger partial charge in [-0.3, -0.25) is 4.72 Å². The Bertz CT molecular complexity index is 1310. The molecule has 0 aliphatic carbocycles. The van der Waals surface area contributed by atoms with Crippen molar-refractivity contribution in [2.24, 2.45) is 0 Å². The molecule has 152 valence electrons. The van der Waals surface area contributed by atoms with E-state index in [2.05, 4.69) is 20.0 Å². The summed E-state index contributed by atoms with van der Waals surface area (Å²) in [7, 11) is -3.82. The van der Waals surface area contributed by atoms with Crippen LogP contribution in [0.25, 0.3) is 11.0 Å². The van der Waals surface area contributed by atoms with Gasteiger partial charge in [-0.1, -0.05) is 48.5 Å². The summed E-state index contributed by atoms with van der Waals surface area (Å²) in [5.74, 6) is 0.549. The molecule has 0 spiro atoms. The fourth-order valence-corrected chi connectivity index (χ4v) is 4.14. The molecule has 0 aliphatic rings. The molecule has 7 heteroatoms. The van der Waals surface area contributed by atoms with Crippen LogP contribution in [0.2, 0.25) is 0 Å². The number of sulfonamides is 1. The molecule has 0 fully saturated rings. The Kier molecular flexibility index (Phi) is 5.37. The van der Waals surface area contributed by atoms with Crippen LogP contribution in [0, 0.1) is 13.8 Å². The van der Waals surface area contributed by atoms with Crippen molar-refractivity contribution in [2.45, 2.75) is 25.3 Å². The lowest BCUT2D eigenvalue weighted by atomic mass is 10.1. The van der Waals surface area contributed by atoms with Crippen molar-refractivity contribution in [1.29, 1.82) is 0 Å². The molecule has 0 saturated heterocycles. The van der Waals surface area contributed by atoms with E-state index in [9.17, 15) is 8.42 Å². The molecule has 1 heterocycles. The molecule has 0 atom stereocenters. The van der Waals surface area contributed by atoms with E-state index in [1.807, 2.05) is 62.4 Å². The van der Waals surface area contributed by atoms with Crippen molar-refractivity contribution in [1.82, 2.24) is 9.97 Å². The van der Waals surface area contributed by atoms with Crippen LogP contribution < -0.4 is 10.0 Å². The van der Waals surface area contributed by atoms with Crippen LogP contribution in [0.4, 0.5) is 11.6 Å². The molecule has 0 aliphatic heterocycles. The van der Waals surface area contributed by atoms with Gasteiger partial charge in [-0.2, -0.15) is 0 Å². The lowest BCUT2D eigenvalue weighted by Crippen LogP contribution is -2.17. The third-order valence-electron chi connectivity index (χ3n) is 4.89. The van der Waals surface area contributed by atoms with Crippen LogP contribution >= 0.6 is 0 Å². The maximum Gasteiger partial charge on any atom is 0.263 e. The predicted octanol–water partition coefficient (Wildman–Crippen LogP) is 4.66. The number of nitrogens with zero attached hydrogens (tertiary/aromatic N) is 2. The minimum absolute atomic E-state index is 0.169. The summed E-state index contributed by atoms with van der Waals surface area (Å²) in [5.41, 5.74) is 4.28. The van der Waals surface area contributed by atoms with Crippen molar-refractivity contribution in [3.63, 3.8) is 0 Å². The minimum Gasteiger partial charge on any atom is -0.363 e. The third kappa shape index (κ3) is 4.26. The van der Waals surface area contributed by atoms with Crippen LogP contribution in [-0.2, 0) is 16.6 Å². The Balaban J connectivity index is 1.71. The number of anilines is 2. The first-order valence-corrected chi connectivity index (χ1v) is 11.1. The second-order valence-electron chi connectivity index (χ2n) is 7.10. The summed E-state index contributed by atoms with van der Waals surface area (Å²) in [6, 6.07) is 22.2. The fraction of sp³-hybridized carbons (Fsp3) is 0.130. The summed E-state index contributed by atoms with van der Waals surface area (Å²) in [4.78, 5) is 9.31. The summed E-state index contributed by atoms with van der Waals surface area (Å²) in [6.45, 7) is 4.32. The van der Waals surface area contributed by atoms with Crippen molar-refractivity contribution in [3.8, 4) is 0 Å². The molecule has 2 N–H and O–H groups in total. The smallest absolute Gasteiger partial charge is 0.263 e. The quantitative estimate of drug-likeness (QED) is 0.476. The van der Waals surface area contributed by atoms with Gasteiger partial charge in [-0.05, 0) is 54.8 Å². The van der Waals surface area contributed by atoms with Crippen LogP contribution in [0.15, 0.2) is 77.7 Å². The van der Waals surface area contributed by atoms with Gasteiger partial charge >= 0.3 is 0 Å². The van der Waals surface area contributed by atoms with Gasteiger partial charge in [0.25, 0.3) is 10.0 Å². The third-order valence-corrected chi connectivity index (χ3v) is 6.23. The highest BCUT2D eigenvalue weighted by Gasteiger charge is 2.19. The van der Waals surface area contributed by atoms with E-state index in [1.165, 1.54) is 0 Å². The van der Waals surface area contributed by atoms with E-state index in [0.29, 0.717) is 23.4 Å². The molecule has 0 saturated carbocycles. The molecule has 0 amide bonds. The number of nitrogens with one attached hydrogen (secondary N) is 2. The second-order valence-corrected chi connectivity index (χ2v) is 8.78. The highest BCUT2D eigenvalue weighted by atomic mass is 32.2. The Morgan fingerprint density at radius 1 is 0.767 bits per heavy atom. The number of aryl methyl sites for hydroxylation is 2. The van der Waals surface area contributed by atoms with Crippen LogP contribution in [0.1, 0.15) is 16.7 Å². The zero-order valence-corrected chi connectivity index (χ0v) is 17.6. The number of rotatable bonds is 6. The van der Waals surface area contributed by atoms with E-state index in [0.717, 1.165) is 16.7 Å². The number of benzene rings is 3. The predicted molar refractivity (Wildman–Crippen MR) is 120 cm³/mol. The molecular formula is C23H22N4O2S. The Labute approximate surface area is 176 Å². The van der Waals surface area contributed by atoms with Crippen LogP contribution in [-0.4, -0.2) is 18.4 Å². The highest BCUT2D eigenvalue weighted by molar-refractivity contribution is 7.92. The van der Waals surface area contributed by atoms with E-state index in [1.54, 1.807) is 24.3 Å². The van der Waals surface area contributed by atoms with Crippen LogP contribution in [0.3, 0.4) is 0 Å². The van der Waals surface area contributed by atoms with E-state index in [4.69, 9.17) is 0 Å². The van der Waals surface area contributed by atoms with Gasteiger partial charge in [-0.25, -0.2) is 18.4 Å². The maximum absolute atomic E-state index is 13.0. The average Bonchev–Trinajstić information content (AvgIpc) is 2.74.